The summed E-state index contributed by atoms with van der Waals surface area (Å²) in [6.07, 6.45) is 2.02. The Kier molecular flexibility index (Phi) is 6.54. The minimum Gasteiger partial charge on any atom is -0.493 e. The molecule has 1 aromatic carbocycles. The zero-order chi connectivity index (χ0) is 13.4. The van der Waals surface area contributed by atoms with Crippen molar-refractivity contribution < 1.29 is 9.47 Å². The summed E-state index contributed by atoms with van der Waals surface area (Å²) in [4.78, 5) is 0. The first kappa shape index (κ1) is 14.8. The van der Waals surface area contributed by atoms with E-state index in [0.29, 0.717) is 6.04 Å². The van der Waals surface area contributed by atoms with Crippen molar-refractivity contribution in [2.24, 2.45) is 5.73 Å². The summed E-state index contributed by atoms with van der Waals surface area (Å²) < 4.78 is 10.6. The molecule has 102 valence electrons. The van der Waals surface area contributed by atoms with Crippen molar-refractivity contribution in [3.8, 4) is 11.5 Å². The quantitative estimate of drug-likeness (QED) is 0.696. The van der Waals surface area contributed by atoms with Crippen LogP contribution in [-0.4, -0.2) is 27.3 Å². The highest BCUT2D eigenvalue weighted by molar-refractivity contribution is 5.43. The van der Waals surface area contributed by atoms with Crippen molar-refractivity contribution in [2.45, 2.75) is 25.8 Å². The van der Waals surface area contributed by atoms with E-state index in [1.54, 1.807) is 14.2 Å². The average molecular weight is 252 g/mol. The van der Waals surface area contributed by atoms with Crippen molar-refractivity contribution in [1.29, 1.82) is 0 Å². The van der Waals surface area contributed by atoms with Gasteiger partial charge in [-0.25, -0.2) is 0 Å². The fourth-order valence-electron chi connectivity index (χ4n) is 1.95. The van der Waals surface area contributed by atoms with E-state index in [-0.39, 0.29) is 0 Å². The molecule has 0 saturated heterocycles. The zero-order valence-electron chi connectivity index (χ0n) is 11.5. The van der Waals surface area contributed by atoms with Crippen LogP contribution in [0.2, 0.25) is 0 Å². The van der Waals surface area contributed by atoms with E-state index >= 15 is 0 Å². The van der Waals surface area contributed by atoms with Gasteiger partial charge in [0.1, 0.15) is 0 Å². The number of hydrogen-bond donors (Lipinski definition) is 2. The molecular weight excluding hydrogens is 228 g/mol. The second kappa shape index (κ2) is 7.95. The van der Waals surface area contributed by atoms with E-state index < -0.39 is 0 Å². The highest BCUT2D eigenvalue weighted by atomic mass is 16.5. The van der Waals surface area contributed by atoms with Crippen molar-refractivity contribution in [3.05, 3.63) is 23.8 Å². The van der Waals surface area contributed by atoms with Crippen LogP contribution in [0.25, 0.3) is 0 Å². The van der Waals surface area contributed by atoms with Gasteiger partial charge in [-0.05, 0) is 43.6 Å². The van der Waals surface area contributed by atoms with Gasteiger partial charge in [0, 0.05) is 6.04 Å². The first-order valence-corrected chi connectivity index (χ1v) is 6.42. The third-order valence-electron chi connectivity index (χ3n) is 2.99. The Bertz CT molecular complexity index is 356. The second-order valence-electron chi connectivity index (χ2n) is 4.17. The van der Waals surface area contributed by atoms with Gasteiger partial charge in [-0.2, -0.15) is 0 Å². The number of nitrogens with one attached hydrogen (secondary N) is 1. The minimum atomic E-state index is 0.330. The highest BCUT2D eigenvalue weighted by Gasteiger charge is 2.11. The predicted molar refractivity (Wildman–Crippen MR) is 74.3 cm³/mol. The SMILES string of the molecule is CCC(NCCCN)c1ccc(OC)c(OC)c1. The molecule has 1 aromatic rings. The molecule has 1 unspecified atom stereocenters. The summed E-state index contributed by atoms with van der Waals surface area (Å²) in [5.41, 5.74) is 6.72. The third kappa shape index (κ3) is 3.89. The lowest BCUT2D eigenvalue weighted by Crippen LogP contribution is -2.23. The molecule has 0 amide bonds. The first-order valence-electron chi connectivity index (χ1n) is 6.42. The maximum atomic E-state index is 5.50. The molecule has 18 heavy (non-hydrogen) atoms. The molecule has 0 radical (unpaired) electrons. The Labute approximate surface area is 109 Å². The Morgan fingerprint density at radius 3 is 2.50 bits per heavy atom. The topological polar surface area (TPSA) is 56.5 Å². The highest BCUT2D eigenvalue weighted by Crippen LogP contribution is 2.30. The summed E-state index contributed by atoms with van der Waals surface area (Å²) in [5, 5.41) is 3.50. The van der Waals surface area contributed by atoms with Crippen molar-refractivity contribution in [1.82, 2.24) is 5.32 Å². The fourth-order valence-corrected chi connectivity index (χ4v) is 1.95. The number of ether oxygens (including phenoxy) is 2. The summed E-state index contributed by atoms with van der Waals surface area (Å²) in [5.74, 6) is 1.53. The van der Waals surface area contributed by atoms with Crippen LogP contribution in [0, 0.1) is 0 Å². The van der Waals surface area contributed by atoms with Gasteiger partial charge >= 0.3 is 0 Å². The van der Waals surface area contributed by atoms with Gasteiger partial charge in [0.2, 0.25) is 0 Å². The van der Waals surface area contributed by atoms with Crippen molar-refractivity contribution >= 4 is 0 Å². The summed E-state index contributed by atoms with van der Waals surface area (Å²) in [6.45, 7) is 3.82. The molecule has 0 aliphatic carbocycles. The number of nitrogens with two attached hydrogens (primary N) is 1. The lowest BCUT2D eigenvalue weighted by atomic mass is 10.0. The Morgan fingerprint density at radius 2 is 1.94 bits per heavy atom. The van der Waals surface area contributed by atoms with Crippen LogP contribution in [-0.2, 0) is 0 Å². The molecule has 1 rings (SSSR count). The van der Waals surface area contributed by atoms with Gasteiger partial charge in [-0.3, -0.25) is 0 Å². The van der Waals surface area contributed by atoms with Crippen LogP contribution in [0.15, 0.2) is 18.2 Å². The summed E-state index contributed by atoms with van der Waals surface area (Å²) in [6, 6.07) is 6.38. The summed E-state index contributed by atoms with van der Waals surface area (Å²) >= 11 is 0. The maximum absolute atomic E-state index is 5.50. The van der Waals surface area contributed by atoms with Crippen molar-refractivity contribution in [3.63, 3.8) is 0 Å². The molecule has 4 nitrogen and oxygen atoms in total. The lowest BCUT2D eigenvalue weighted by Gasteiger charge is -2.19. The van der Waals surface area contributed by atoms with Gasteiger partial charge in [-0.15, -0.1) is 0 Å². The molecular formula is C14H24N2O2. The van der Waals surface area contributed by atoms with Crippen LogP contribution >= 0.6 is 0 Å². The van der Waals surface area contributed by atoms with Crippen LogP contribution in [0.1, 0.15) is 31.4 Å². The van der Waals surface area contributed by atoms with E-state index in [1.807, 2.05) is 12.1 Å². The molecule has 3 N–H and O–H groups in total. The number of rotatable bonds is 8. The van der Waals surface area contributed by atoms with Gasteiger partial charge in [0.25, 0.3) is 0 Å². The molecule has 4 heteroatoms. The predicted octanol–water partition coefficient (Wildman–Crippen LogP) is 2.09. The number of methoxy groups -OCH3 is 2. The maximum Gasteiger partial charge on any atom is 0.161 e. The molecule has 0 bridgehead atoms. The van der Waals surface area contributed by atoms with E-state index in [2.05, 4.69) is 18.3 Å². The van der Waals surface area contributed by atoms with Crippen LogP contribution < -0.4 is 20.5 Å². The van der Waals surface area contributed by atoms with E-state index in [9.17, 15) is 0 Å². The molecule has 0 aromatic heterocycles. The molecule has 0 heterocycles. The van der Waals surface area contributed by atoms with Gasteiger partial charge in [0.05, 0.1) is 14.2 Å². The Hall–Kier alpha value is -1.26. The van der Waals surface area contributed by atoms with Gasteiger partial charge in [0.15, 0.2) is 11.5 Å². The zero-order valence-corrected chi connectivity index (χ0v) is 11.5. The van der Waals surface area contributed by atoms with E-state index in [4.69, 9.17) is 15.2 Å². The fraction of sp³-hybridized carbons (Fsp3) is 0.571. The molecule has 0 aliphatic heterocycles. The van der Waals surface area contributed by atoms with Gasteiger partial charge in [-0.1, -0.05) is 13.0 Å². The second-order valence-corrected chi connectivity index (χ2v) is 4.17. The van der Waals surface area contributed by atoms with Crippen LogP contribution in [0.3, 0.4) is 0 Å². The minimum absolute atomic E-state index is 0.330. The van der Waals surface area contributed by atoms with Crippen LogP contribution in [0.5, 0.6) is 11.5 Å². The Balaban J connectivity index is 2.79. The largest absolute Gasteiger partial charge is 0.493 e. The first-order chi connectivity index (χ1) is 8.76. The molecule has 0 saturated carbocycles. The number of hydrogen-bond acceptors (Lipinski definition) is 4. The van der Waals surface area contributed by atoms with Crippen molar-refractivity contribution in [2.75, 3.05) is 27.3 Å². The monoisotopic (exact) mass is 252 g/mol. The molecule has 1 atom stereocenters. The molecule has 0 aliphatic rings. The standard InChI is InChI=1S/C14H24N2O2/c1-4-12(16-9-5-8-15)11-6-7-13(17-2)14(10-11)18-3/h6-7,10,12,16H,4-5,8-9,15H2,1-3H3. The average Bonchev–Trinajstić information content (AvgIpc) is 2.43. The van der Waals surface area contributed by atoms with E-state index in [1.165, 1.54) is 5.56 Å². The number of benzene rings is 1. The van der Waals surface area contributed by atoms with Crippen LogP contribution in [0.4, 0.5) is 0 Å². The Morgan fingerprint density at radius 1 is 1.22 bits per heavy atom. The lowest BCUT2D eigenvalue weighted by molar-refractivity contribution is 0.353. The molecule has 0 fully saturated rings. The molecule has 0 spiro atoms. The van der Waals surface area contributed by atoms with Gasteiger partial charge < -0.3 is 20.5 Å². The normalized spacial score (nSPS) is 12.2. The summed E-state index contributed by atoms with van der Waals surface area (Å²) in [7, 11) is 3.30. The smallest absolute Gasteiger partial charge is 0.161 e. The third-order valence-corrected chi connectivity index (χ3v) is 2.99. The van der Waals surface area contributed by atoms with E-state index in [0.717, 1.165) is 37.4 Å².